The molecule has 0 aliphatic rings. The largest absolute Gasteiger partial charge is 0.289 e. The second-order valence-corrected chi connectivity index (χ2v) is 4.11. The van der Waals surface area contributed by atoms with Crippen LogP contribution in [-0.4, -0.2) is 0 Å². The molecule has 0 unspecified atom stereocenters. The van der Waals surface area contributed by atoms with Gasteiger partial charge in [-0.15, -0.1) is 0 Å². The molecular formula is C17H14O2. The quantitative estimate of drug-likeness (QED) is 0.605. The highest BCUT2D eigenvalue weighted by molar-refractivity contribution is 5.87. The molecule has 2 nitrogen and oxygen atoms in total. The van der Waals surface area contributed by atoms with E-state index in [4.69, 9.17) is 0 Å². The first kappa shape index (κ1) is 13.1. The van der Waals surface area contributed by atoms with Crippen molar-refractivity contribution in [1.82, 2.24) is 0 Å². The second-order valence-electron chi connectivity index (χ2n) is 4.11. The SMILES string of the molecule is [O]Cc1ccccc1.[O]c1cccc2ccccc12. The lowest BCUT2D eigenvalue weighted by molar-refractivity contribution is 0.177. The van der Waals surface area contributed by atoms with Crippen LogP contribution in [0.15, 0.2) is 72.8 Å². The Bertz CT molecular complexity index is 628. The van der Waals surface area contributed by atoms with E-state index in [1.165, 1.54) is 0 Å². The van der Waals surface area contributed by atoms with Crippen molar-refractivity contribution in [1.29, 1.82) is 0 Å². The van der Waals surface area contributed by atoms with Gasteiger partial charge in [0.2, 0.25) is 0 Å². The molecule has 0 saturated heterocycles. The standard InChI is InChI=1S/C10H7O.C7H7O/c11-10-7-3-5-8-4-1-2-6-9(8)10;8-6-7-4-2-1-3-5-7/h1-7H;1-5H,6H2. The molecule has 0 aliphatic carbocycles. The highest BCUT2D eigenvalue weighted by Crippen LogP contribution is 2.23. The fourth-order valence-electron chi connectivity index (χ4n) is 1.77. The van der Waals surface area contributed by atoms with Crippen LogP contribution in [0.25, 0.3) is 10.8 Å². The Morgan fingerprint density at radius 1 is 0.684 bits per heavy atom. The summed E-state index contributed by atoms with van der Waals surface area (Å²) in [6.07, 6.45) is 0. The van der Waals surface area contributed by atoms with Gasteiger partial charge >= 0.3 is 0 Å². The molecule has 0 spiro atoms. The van der Waals surface area contributed by atoms with E-state index in [1.54, 1.807) is 12.1 Å². The third-order valence-electron chi connectivity index (χ3n) is 2.76. The minimum Gasteiger partial charge on any atom is -0.289 e. The molecule has 2 heteroatoms. The Balaban J connectivity index is 0.000000148. The van der Waals surface area contributed by atoms with E-state index >= 15 is 0 Å². The summed E-state index contributed by atoms with van der Waals surface area (Å²) in [5.41, 5.74) is 0.854. The third kappa shape index (κ3) is 3.57. The Morgan fingerprint density at radius 2 is 1.32 bits per heavy atom. The van der Waals surface area contributed by atoms with E-state index in [9.17, 15) is 10.2 Å². The van der Waals surface area contributed by atoms with Crippen molar-refractivity contribution in [3.63, 3.8) is 0 Å². The van der Waals surface area contributed by atoms with Crippen molar-refractivity contribution in [3.05, 3.63) is 78.4 Å². The average Bonchev–Trinajstić information content (AvgIpc) is 2.49. The third-order valence-corrected chi connectivity index (χ3v) is 2.76. The van der Waals surface area contributed by atoms with Gasteiger partial charge in [0.15, 0.2) is 5.75 Å². The summed E-state index contributed by atoms with van der Waals surface area (Å²) in [4.78, 5) is 0. The van der Waals surface area contributed by atoms with E-state index in [0.29, 0.717) is 0 Å². The maximum absolute atomic E-state index is 11.2. The molecule has 0 saturated carbocycles. The maximum Gasteiger partial charge on any atom is 0.186 e. The van der Waals surface area contributed by atoms with Crippen molar-refractivity contribution < 1.29 is 10.2 Å². The fraction of sp³-hybridized carbons (Fsp3) is 0.0588. The van der Waals surface area contributed by atoms with Gasteiger partial charge in [0.05, 0.1) is 0 Å². The monoisotopic (exact) mass is 250 g/mol. The van der Waals surface area contributed by atoms with Gasteiger partial charge in [-0.25, -0.2) is 5.11 Å². The van der Waals surface area contributed by atoms with Crippen LogP contribution < -0.4 is 0 Å². The molecule has 0 fully saturated rings. The molecule has 0 N–H and O–H groups in total. The van der Waals surface area contributed by atoms with Crippen molar-refractivity contribution in [2.75, 3.05) is 0 Å². The first-order chi connectivity index (χ1) is 9.31. The molecule has 3 rings (SSSR count). The minimum atomic E-state index is -0.110. The number of hydrogen-bond donors (Lipinski definition) is 0. The van der Waals surface area contributed by atoms with Crippen LogP contribution in [0.1, 0.15) is 5.56 Å². The number of hydrogen-bond acceptors (Lipinski definition) is 0. The van der Waals surface area contributed by atoms with Crippen LogP contribution in [0.5, 0.6) is 5.75 Å². The van der Waals surface area contributed by atoms with E-state index < -0.39 is 0 Å². The molecule has 3 aromatic rings. The molecule has 94 valence electrons. The number of benzene rings is 3. The topological polar surface area (TPSA) is 39.8 Å². The van der Waals surface area contributed by atoms with E-state index in [0.717, 1.165) is 16.3 Å². The van der Waals surface area contributed by atoms with Gasteiger partial charge in [-0.05, 0) is 17.0 Å². The Kier molecular flexibility index (Phi) is 4.54. The van der Waals surface area contributed by atoms with Crippen LogP contribution in [0.2, 0.25) is 0 Å². The predicted molar refractivity (Wildman–Crippen MR) is 74.9 cm³/mol. The molecule has 0 atom stereocenters. The van der Waals surface area contributed by atoms with Gasteiger partial charge < -0.3 is 0 Å². The highest BCUT2D eigenvalue weighted by Gasteiger charge is 1.96. The summed E-state index contributed by atoms with van der Waals surface area (Å²) in [6, 6.07) is 22.2. The molecule has 0 bridgehead atoms. The van der Waals surface area contributed by atoms with Crippen LogP contribution in [0, 0.1) is 0 Å². The van der Waals surface area contributed by atoms with Crippen LogP contribution in [0.4, 0.5) is 0 Å². The molecule has 0 amide bonds. The zero-order valence-electron chi connectivity index (χ0n) is 10.5. The predicted octanol–water partition coefficient (Wildman–Crippen LogP) is 4.60. The smallest absolute Gasteiger partial charge is 0.186 e. The van der Waals surface area contributed by atoms with Gasteiger partial charge in [0, 0.05) is 5.39 Å². The van der Waals surface area contributed by atoms with Crippen molar-refractivity contribution in [2.24, 2.45) is 0 Å². The summed E-state index contributed by atoms with van der Waals surface area (Å²) in [5, 5.41) is 23.1. The second kappa shape index (κ2) is 6.57. The van der Waals surface area contributed by atoms with Gasteiger partial charge in [0.1, 0.15) is 6.61 Å². The molecule has 0 heterocycles. The summed E-state index contributed by atoms with van der Waals surface area (Å²) in [5.74, 6) is 0.100. The summed E-state index contributed by atoms with van der Waals surface area (Å²) < 4.78 is 0. The van der Waals surface area contributed by atoms with Crippen LogP contribution in [-0.2, 0) is 16.8 Å². The van der Waals surface area contributed by atoms with Gasteiger partial charge in [-0.3, -0.25) is 5.11 Å². The fourth-order valence-corrected chi connectivity index (χ4v) is 1.77. The van der Waals surface area contributed by atoms with E-state index in [1.807, 2.05) is 60.7 Å². The molecule has 0 aromatic heterocycles. The summed E-state index contributed by atoms with van der Waals surface area (Å²) in [6.45, 7) is -0.110. The van der Waals surface area contributed by atoms with Crippen LogP contribution in [0.3, 0.4) is 0 Å². The molecular weight excluding hydrogens is 236 g/mol. The number of fused-ring (bicyclic) bond motifs is 1. The number of rotatable bonds is 1. The average molecular weight is 250 g/mol. The lowest BCUT2D eigenvalue weighted by atomic mass is 10.1. The van der Waals surface area contributed by atoms with Gasteiger partial charge in [0.25, 0.3) is 0 Å². The van der Waals surface area contributed by atoms with Gasteiger partial charge in [-0.1, -0.05) is 66.7 Å². The van der Waals surface area contributed by atoms with E-state index in [2.05, 4.69) is 0 Å². The summed E-state index contributed by atoms with van der Waals surface area (Å²) in [7, 11) is 0. The normalized spacial score (nSPS) is 9.74. The highest BCUT2D eigenvalue weighted by atomic mass is 16.3. The Morgan fingerprint density at radius 3 is 1.95 bits per heavy atom. The summed E-state index contributed by atoms with van der Waals surface area (Å²) >= 11 is 0. The molecule has 19 heavy (non-hydrogen) atoms. The zero-order valence-corrected chi connectivity index (χ0v) is 10.5. The van der Waals surface area contributed by atoms with Crippen molar-refractivity contribution >= 4 is 10.8 Å². The van der Waals surface area contributed by atoms with Crippen LogP contribution >= 0.6 is 0 Å². The maximum atomic E-state index is 11.2. The zero-order chi connectivity index (χ0) is 13.5. The van der Waals surface area contributed by atoms with Crippen molar-refractivity contribution in [3.8, 4) is 5.75 Å². The van der Waals surface area contributed by atoms with Crippen molar-refractivity contribution in [2.45, 2.75) is 6.61 Å². The lowest BCUT2D eigenvalue weighted by Gasteiger charge is -1.95. The lowest BCUT2D eigenvalue weighted by Crippen LogP contribution is -1.75. The molecule has 3 aromatic carbocycles. The Hall–Kier alpha value is -2.32. The first-order valence-electron chi connectivity index (χ1n) is 6.08. The van der Waals surface area contributed by atoms with Gasteiger partial charge in [-0.2, -0.15) is 0 Å². The molecule has 0 aliphatic heterocycles. The Labute approximate surface area is 112 Å². The van der Waals surface area contributed by atoms with E-state index in [-0.39, 0.29) is 12.4 Å². The first-order valence-corrected chi connectivity index (χ1v) is 6.08. The minimum absolute atomic E-state index is 0.100. The molecule has 2 radical (unpaired) electrons.